The van der Waals surface area contributed by atoms with E-state index in [9.17, 15) is 14.4 Å². The summed E-state index contributed by atoms with van der Waals surface area (Å²) in [6, 6.07) is 18.6. The lowest BCUT2D eigenvalue weighted by atomic mass is 10.00. The first-order valence-electron chi connectivity index (χ1n) is 10.5. The molecule has 0 saturated carbocycles. The molecule has 0 aliphatic carbocycles. The third-order valence-electron chi connectivity index (χ3n) is 5.68. The lowest BCUT2D eigenvalue weighted by Gasteiger charge is -2.39. The van der Waals surface area contributed by atoms with Gasteiger partial charge in [-0.15, -0.1) is 0 Å². The lowest BCUT2D eigenvalue weighted by Crippen LogP contribution is -2.56. The standard InChI is InChI=1S/C26H19FN4O2/c27-11-22-5-4-20(13-30-22)26(32)31-15-23(16-31)33-25-10-21(9-19-6-7-29-14-24(19)25)18-3-1-2-17(8-18)12-28/h1-10,13-14,23H,11,15-16H2. The highest BCUT2D eigenvalue weighted by Gasteiger charge is 2.33. The summed E-state index contributed by atoms with van der Waals surface area (Å²) in [7, 11) is 0. The molecule has 1 aliphatic heterocycles. The quantitative estimate of drug-likeness (QED) is 0.457. The number of hydrogen-bond donors (Lipinski definition) is 0. The van der Waals surface area contributed by atoms with Crippen molar-refractivity contribution < 1.29 is 13.9 Å². The van der Waals surface area contributed by atoms with Crippen LogP contribution < -0.4 is 4.74 Å². The fourth-order valence-electron chi connectivity index (χ4n) is 3.87. The molecule has 0 bridgehead atoms. The number of amides is 1. The zero-order valence-electron chi connectivity index (χ0n) is 17.6. The Morgan fingerprint density at radius 2 is 2.00 bits per heavy atom. The first-order valence-corrected chi connectivity index (χ1v) is 10.5. The predicted molar refractivity (Wildman–Crippen MR) is 121 cm³/mol. The predicted octanol–water partition coefficient (Wildman–Crippen LogP) is 4.54. The third kappa shape index (κ3) is 4.11. The molecule has 3 heterocycles. The van der Waals surface area contributed by atoms with Crippen LogP contribution in [0.25, 0.3) is 21.9 Å². The van der Waals surface area contributed by atoms with Gasteiger partial charge in [0.25, 0.3) is 5.91 Å². The fourth-order valence-corrected chi connectivity index (χ4v) is 3.87. The topological polar surface area (TPSA) is 79.1 Å². The number of halogens is 1. The van der Waals surface area contributed by atoms with E-state index in [-0.39, 0.29) is 12.0 Å². The van der Waals surface area contributed by atoms with Gasteiger partial charge in [-0.2, -0.15) is 5.26 Å². The number of aromatic nitrogens is 2. The number of rotatable bonds is 5. The summed E-state index contributed by atoms with van der Waals surface area (Å²) in [5.41, 5.74) is 3.18. The van der Waals surface area contributed by atoms with Crippen LogP contribution in [0.5, 0.6) is 5.75 Å². The van der Waals surface area contributed by atoms with Crippen LogP contribution >= 0.6 is 0 Å². The van der Waals surface area contributed by atoms with E-state index >= 15 is 0 Å². The minimum Gasteiger partial charge on any atom is -0.486 e. The van der Waals surface area contributed by atoms with Crippen molar-refractivity contribution in [3.8, 4) is 22.9 Å². The average molecular weight is 438 g/mol. The zero-order valence-corrected chi connectivity index (χ0v) is 17.6. The highest BCUT2D eigenvalue weighted by molar-refractivity contribution is 5.95. The molecule has 7 heteroatoms. The first-order chi connectivity index (χ1) is 16.1. The van der Waals surface area contributed by atoms with Crippen LogP contribution in [0.4, 0.5) is 4.39 Å². The monoisotopic (exact) mass is 438 g/mol. The summed E-state index contributed by atoms with van der Waals surface area (Å²) >= 11 is 0. The van der Waals surface area contributed by atoms with Crippen LogP contribution in [0.15, 0.2) is 73.2 Å². The van der Waals surface area contributed by atoms with Crippen molar-refractivity contribution in [2.24, 2.45) is 0 Å². The van der Waals surface area contributed by atoms with E-state index in [0.717, 1.165) is 21.9 Å². The van der Waals surface area contributed by atoms with Crippen LogP contribution in [0, 0.1) is 11.3 Å². The number of nitrogens with zero attached hydrogens (tertiary/aromatic N) is 4. The number of likely N-dealkylation sites (tertiary alicyclic amines) is 1. The van der Waals surface area contributed by atoms with Gasteiger partial charge in [0.05, 0.1) is 36.0 Å². The molecule has 1 saturated heterocycles. The smallest absolute Gasteiger partial charge is 0.255 e. The van der Waals surface area contributed by atoms with E-state index in [4.69, 9.17) is 4.74 Å². The summed E-state index contributed by atoms with van der Waals surface area (Å²) in [6.45, 7) is 0.232. The van der Waals surface area contributed by atoms with Gasteiger partial charge in [0, 0.05) is 24.0 Å². The van der Waals surface area contributed by atoms with E-state index in [1.807, 2.05) is 36.4 Å². The maximum Gasteiger partial charge on any atom is 0.255 e. The third-order valence-corrected chi connectivity index (χ3v) is 5.68. The van der Waals surface area contributed by atoms with Gasteiger partial charge >= 0.3 is 0 Å². The number of ether oxygens (including phenoxy) is 1. The van der Waals surface area contributed by atoms with Crippen molar-refractivity contribution in [1.82, 2.24) is 14.9 Å². The number of pyridine rings is 2. The SMILES string of the molecule is N#Cc1cccc(-c2cc(OC3CN(C(=O)c4ccc(CF)nc4)C3)c3cnccc3c2)c1. The molecule has 2 aromatic carbocycles. The molecule has 1 aliphatic rings. The summed E-state index contributed by atoms with van der Waals surface area (Å²) in [5.74, 6) is 0.533. The normalized spacial score (nSPS) is 13.4. The van der Waals surface area contributed by atoms with Gasteiger partial charge in [-0.05, 0) is 59.0 Å². The Kier molecular flexibility index (Phi) is 5.41. The summed E-state index contributed by atoms with van der Waals surface area (Å²) < 4.78 is 18.9. The van der Waals surface area contributed by atoms with Crippen molar-refractivity contribution in [3.63, 3.8) is 0 Å². The number of fused-ring (bicyclic) bond motifs is 1. The second-order valence-electron chi connectivity index (χ2n) is 7.89. The van der Waals surface area contributed by atoms with Gasteiger partial charge < -0.3 is 9.64 Å². The van der Waals surface area contributed by atoms with Crippen LogP contribution in [0.3, 0.4) is 0 Å². The highest BCUT2D eigenvalue weighted by atomic mass is 19.1. The molecule has 1 fully saturated rings. The number of carbonyl (C=O) groups is 1. The number of carbonyl (C=O) groups excluding carboxylic acids is 1. The van der Waals surface area contributed by atoms with Gasteiger partial charge in [-0.3, -0.25) is 14.8 Å². The molecule has 2 aromatic heterocycles. The Balaban J connectivity index is 1.36. The molecule has 0 atom stereocenters. The van der Waals surface area contributed by atoms with Gasteiger partial charge in [0.1, 0.15) is 18.5 Å². The van der Waals surface area contributed by atoms with Crippen LogP contribution in [-0.4, -0.2) is 40.0 Å². The molecule has 162 valence electrons. The first kappa shape index (κ1) is 20.6. The minimum atomic E-state index is -0.656. The molecule has 0 unspecified atom stereocenters. The van der Waals surface area contributed by atoms with Crippen molar-refractivity contribution in [2.75, 3.05) is 13.1 Å². The Bertz CT molecular complexity index is 1380. The van der Waals surface area contributed by atoms with Gasteiger partial charge in [-0.25, -0.2) is 4.39 Å². The van der Waals surface area contributed by atoms with E-state index in [1.54, 1.807) is 29.4 Å². The summed E-state index contributed by atoms with van der Waals surface area (Å²) in [5, 5.41) is 11.1. The summed E-state index contributed by atoms with van der Waals surface area (Å²) in [4.78, 5) is 22.5. The molecular formula is C26H19FN4O2. The van der Waals surface area contributed by atoms with E-state index in [0.29, 0.717) is 35.7 Å². The number of benzene rings is 2. The number of nitriles is 1. The maximum absolute atomic E-state index is 12.6. The lowest BCUT2D eigenvalue weighted by molar-refractivity contribution is 0.0183. The molecule has 0 N–H and O–H groups in total. The molecule has 5 rings (SSSR count). The van der Waals surface area contributed by atoms with Crippen LogP contribution in [0.1, 0.15) is 21.6 Å². The number of hydrogen-bond acceptors (Lipinski definition) is 5. The van der Waals surface area contributed by atoms with Crippen LogP contribution in [0.2, 0.25) is 0 Å². The molecule has 6 nitrogen and oxygen atoms in total. The van der Waals surface area contributed by atoms with E-state index in [2.05, 4.69) is 16.0 Å². The minimum absolute atomic E-state index is 0.152. The molecule has 1 amide bonds. The molecule has 0 spiro atoms. The van der Waals surface area contributed by atoms with Crippen molar-refractivity contribution in [2.45, 2.75) is 12.8 Å². The summed E-state index contributed by atoms with van der Waals surface area (Å²) in [6.07, 6.45) is 4.74. The number of alkyl halides is 1. The Hall–Kier alpha value is -4.31. The zero-order chi connectivity index (χ0) is 22.8. The van der Waals surface area contributed by atoms with Gasteiger partial charge in [-0.1, -0.05) is 12.1 Å². The van der Waals surface area contributed by atoms with Gasteiger partial charge in [0.15, 0.2) is 0 Å². The largest absolute Gasteiger partial charge is 0.486 e. The Labute approximate surface area is 189 Å². The highest BCUT2D eigenvalue weighted by Crippen LogP contribution is 2.34. The molecule has 33 heavy (non-hydrogen) atoms. The van der Waals surface area contributed by atoms with Crippen molar-refractivity contribution in [3.05, 3.63) is 90.0 Å². The second kappa shape index (κ2) is 8.67. The van der Waals surface area contributed by atoms with Crippen molar-refractivity contribution in [1.29, 1.82) is 5.26 Å². The van der Waals surface area contributed by atoms with E-state index in [1.165, 1.54) is 12.3 Å². The Morgan fingerprint density at radius 3 is 2.76 bits per heavy atom. The molecule has 4 aromatic rings. The second-order valence-corrected chi connectivity index (χ2v) is 7.89. The van der Waals surface area contributed by atoms with Gasteiger partial charge in [0.2, 0.25) is 0 Å². The fraction of sp³-hybridized carbons (Fsp3) is 0.154. The molecule has 0 radical (unpaired) electrons. The van der Waals surface area contributed by atoms with Crippen LogP contribution in [-0.2, 0) is 6.67 Å². The average Bonchev–Trinajstić information content (AvgIpc) is 2.85. The molecular weight excluding hydrogens is 419 g/mol. The van der Waals surface area contributed by atoms with E-state index < -0.39 is 6.67 Å². The van der Waals surface area contributed by atoms with Crippen molar-refractivity contribution >= 4 is 16.7 Å². The Morgan fingerprint density at radius 1 is 1.12 bits per heavy atom. The maximum atomic E-state index is 12.6.